The molecule has 2 heterocycles. The number of anilines is 1. The Balaban J connectivity index is 1.47. The van der Waals surface area contributed by atoms with E-state index in [9.17, 15) is 4.79 Å². The Labute approximate surface area is 207 Å². The molecule has 9 heteroatoms. The van der Waals surface area contributed by atoms with E-state index in [0.29, 0.717) is 33.7 Å². The van der Waals surface area contributed by atoms with Crippen molar-refractivity contribution in [2.24, 2.45) is 0 Å². The zero-order valence-corrected chi connectivity index (χ0v) is 20.8. The van der Waals surface area contributed by atoms with E-state index in [2.05, 4.69) is 15.6 Å². The maximum absolute atomic E-state index is 13.0. The first-order valence-corrected chi connectivity index (χ1v) is 11.4. The molecule has 0 saturated heterocycles. The normalized spacial score (nSPS) is 11.0. The minimum absolute atomic E-state index is 0.157. The molecule has 0 radical (unpaired) electrons. The number of rotatable bonds is 7. The lowest BCUT2D eigenvalue weighted by molar-refractivity contribution is 0.101. The zero-order valence-electron chi connectivity index (χ0n) is 19.3. The molecule has 4 rings (SSSR count). The van der Waals surface area contributed by atoms with E-state index in [1.165, 1.54) is 0 Å². The van der Waals surface area contributed by atoms with Gasteiger partial charge in [0.1, 0.15) is 18.1 Å². The predicted octanol–water partition coefficient (Wildman–Crippen LogP) is 6.29. The summed E-state index contributed by atoms with van der Waals surface area (Å²) in [7, 11) is 0. The summed E-state index contributed by atoms with van der Waals surface area (Å²) in [5.41, 5.74) is 4.64. The average molecular weight is 499 g/mol. The van der Waals surface area contributed by atoms with Crippen molar-refractivity contribution in [3.63, 3.8) is 0 Å². The Morgan fingerprint density at radius 2 is 1.88 bits per heavy atom. The van der Waals surface area contributed by atoms with E-state index in [1.54, 1.807) is 29.8 Å². The van der Waals surface area contributed by atoms with E-state index in [-0.39, 0.29) is 12.3 Å². The van der Waals surface area contributed by atoms with Gasteiger partial charge >= 0.3 is 0 Å². The lowest BCUT2D eigenvalue weighted by Crippen LogP contribution is -2.16. The van der Waals surface area contributed by atoms with Crippen LogP contribution in [0, 0.1) is 27.7 Å². The Kier molecular flexibility index (Phi) is 6.95. The third kappa shape index (κ3) is 5.26. The number of benzene rings is 2. The predicted molar refractivity (Wildman–Crippen MR) is 132 cm³/mol. The summed E-state index contributed by atoms with van der Waals surface area (Å²) in [5.74, 6) is 1.24. The maximum atomic E-state index is 13.0. The van der Waals surface area contributed by atoms with Gasteiger partial charge in [0.05, 0.1) is 12.1 Å². The number of aromatic nitrogens is 3. The van der Waals surface area contributed by atoms with Gasteiger partial charge in [-0.2, -0.15) is 5.10 Å². The van der Waals surface area contributed by atoms with Gasteiger partial charge in [0, 0.05) is 21.8 Å². The van der Waals surface area contributed by atoms with E-state index in [0.717, 1.165) is 28.1 Å². The summed E-state index contributed by atoms with van der Waals surface area (Å²) < 4.78 is 13.0. The molecular weight excluding hydrogens is 475 g/mol. The summed E-state index contributed by atoms with van der Waals surface area (Å²) in [6.45, 7) is 8.25. The second-order valence-corrected chi connectivity index (χ2v) is 8.99. The van der Waals surface area contributed by atoms with Crippen molar-refractivity contribution in [1.82, 2.24) is 14.9 Å². The number of nitrogens with one attached hydrogen (secondary N) is 1. The van der Waals surface area contributed by atoms with Gasteiger partial charge in [0.25, 0.3) is 5.91 Å². The third-order valence-corrected chi connectivity index (χ3v) is 6.05. The topological polar surface area (TPSA) is 82.2 Å². The van der Waals surface area contributed by atoms with Gasteiger partial charge in [-0.1, -0.05) is 52.1 Å². The standard InChI is InChI=1S/C25H24Cl2N4O3/c1-14-5-8-22(15(2)9-14)33-13-20-17(4)34-30-24(20)25(32)28-23-10-16(3)31(29-23)12-18-6-7-19(26)11-21(18)27/h5-11H,12-13H2,1-4H3,(H,28,29,32). The quantitative estimate of drug-likeness (QED) is 0.323. The fourth-order valence-corrected chi connectivity index (χ4v) is 4.04. The number of ether oxygens (including phenoxy) is 1. The number of carbonyl (C=O) groups is 1. The Hall–Kier alpha value is -3.29. The first-order chi connectivity index (χ1) is 16.2. The lowest BCUT2D eigenvalue weighted by Gasteiger charge is -2.10. The van der Waals surface area contributed by atoms with Crippen LogP contribution in [0.15, 0.2) is 47.0 Å². The van der Waals surface area contributed by atoms with E-state index in [1.807, 2.05) is 45.0 Å². The number of halogens is 2. The van der Waals surface area contributed by atoms with E-state index >= 15 is 0 Å². The molecule has 0 fully saturated rings. The van der Waals surface area contributed by atoms with Gasteiger partial charge in [-0.3, -0.25) is 9.48 Å². The number of amides is 1. The third-order valence-electron chi connectivity index (χ3n) is 5.46. The first kappa shape index (κ1) is 23.9. The second-order valence-electron chi connectivity index (χ2n) is 8.14. The van der Waals surface area contributed by atoms with Crippen molar-refractivity contribution in [2.75, 3.05) is 5.32 Å². The van der Waals surface area contributed by atoms with E-state index < -0.39 is 5.91 Å². The van der Waals surface area contributed by atoms with Crippen LogP contribution < -0.4 is 10.1 Å². The van der Waals surface area contributed by atoms with Gasteiger partial charge in [0.2, 0.25) is 0 Å². The molecule has 0 aliphatic heterocycles. The number of aryl methyl sites for hydroxylation is 4. The van der Waals surface area contributed by atoms with Crippen LogP contribution in [-0.4, -0.2) is 20.8 Å². The molecule has 0 saturated carbocycles. The van der Waals surface area contributed by atoms with Crippen molar-refractivity contribution in [2.45, 2.75) is 40.8 Å². The lowest BCUT2D eigenvalue weighted by atomic mass is 10.1. The highest BCUT2D eigenvalue weighted by Gasteiger charge is 2.22. The summed E-state index contributed by atoms with van der Waals surface area (Å²) in [5, 5.41) is 12.4. The number of hydrogen-bond acceptors (Lipinski definition) is 5. The molecule has 7 nitrogen and oxygen atoms in total. The maximum Gasteiger partial charge on any atom is 0.279 e. The van der Waals surface area contributed by atoms with Gasteiger partial charge in [0.15, 0.2) is 11.5 Å². The largest absolute Gasteiger partial charge is 0.488 e. The van der Waals surface area contributed by atoms with Crippen molar-refractivity contribution in [1.29, 1.82) is 0 Å². The van der Waals surface area contributed by atoms with Crippen molar-refractivity contribution >= 4 is 34.9 Å². The number of nitrogens with zero attached hydrogens (tertiary/aromatic N) is 3. The van der Waals surface area contributed by atoms with Gasteiger partial charge in [-0.05, 0) is 57.0 Å². The molecule has 34 heavy (non-hydrogen) atoms. The van der Waals surface area contributed by atoms with Crippen LogP contribution in [0.25, 0.3) is 0 Å². The van der Waals surface area contributed by atoms with Crippen LogP contribution in [0.1, 0.15) is 44.2 Å². The zero-order chi connectivity index (χ0) is 24.4. The van der Waals surface area contributed by atoms with Crippen LogP contribution >= 0.6 is 23.2 Å². The van der Waals surface area contributed by atoms with Crippen LogP contribution in [-0.2, 0) is 13.2 Å². The Bertz CT molecular complexity index is 1360. The van der Waals surface area contributed by atoms with Crippen molar-refractivity contribution in [3.8, 4) is 5.75 Å². The van der Waals surface area contributed by atoms with Crippen LogP contribution in [0.4, 0.5) is 5.82 Å². The summed E-state index contributed by atoms with van der Waals surface area (Å²) in [6, 6.07) is 13.0. The Morgan fingerprint density at radius 3 is 2.62 bits per heavy atom. The summed E-state index contributed by atoms with van der Waals surface area (Å²) >= 11 is 12.3. The molecule has 0 aliphatic carbocycles. The molecule has 1 amide bonds. The minimum Gasteiger partial charge on any atom is -0.488 e. The number of carbonyl (C=O) groups excluding carboxylic acids is 1. The van der Waals surface area contributed by atoms with Crippen LogP contribution in [0.5, 0.6) is 5.75 Å². The number of hydrogen-bond donors (Lipinski definition) is 1. The molecule has 4 aromatic rings. The van der Waals surface area contributed by atoms with Gasteiger partial charge < -0.3 is 14.6 Å². The molecule has 0 spiro atoms. The SMILES string of the molecule is Cc1ccc(OCc2c(C(=O)Nc3cc(C)n(Cc4ccc(Cl)cc4Cl)n3)noc2C)c(C)c1. The highest BCUT2D eigenvalue weighted by Crippen LogP contribution is 2.24. The van der Waals surface area contributed by atoms with Crippen molar-refractivity contribution in [3.05, 3.63) is 91.9 Å². The highest BCUT2D eigenvalue weighted by atomic mass is 35.5. The van der Waals surface area contributed by atoms with Gasteiger partial charge in [-0.25, -0.2) is 0 Å². The van der Waals surface area contributed by atoms with Crippen LogP contribution in [0.3, 0.4) is 0 Å². The minimum atomic E-state index is -0.426. The molecule has 176 valence electrons. The highest BCUT2D eigenvalue weighted by molar-refractivity contribution is 6.35. The first-order valence-electron chi connectivity index (χ1n) is 10.7. The monoisotopic (exact) mass is 498 g/mol. The van der Waals surface area contributed by atoms with E-state index in [4.69, 9.17) is 32.5 Å². The molecule has 2 aromatic carbocycles. The molecular formula is C25H24Cl2N4O3. The average Bonchev–Trinajstić information content (AvgIpc) is 3.31. The van der Waals surface area contributed by atoms with Crippen molar-refractivity contribution < 1.29 is 14.1 Å². The summed E-state index contributed by atoms with van der Waals surface area (Å²) in [6.07, 6.45) is 0. The molecule has 0 unspecified atom stereocenters. The van der Waals surface area contributed by atoms with Crippen LogP contribution in [0.2, 0.25) is 10.0 Å². The Morgan fingerprint density at radius 1 is 1.09 bits per heavy atom. The molecule has 0 bridgehead atoms. The molecule has 1 N–H and O–H groups in total. The summed E-state index contributed by atoms with van der Waals surface area (Å²) in [4.78, 5) is 13.0. The van der Waals surface area contributed by atoms with Gasteiger partial charge in [-0.15, -0.1) is 0 Å². The molecule has 0 aliphatic rings. The molecule has 0 atom stereocenters. The fourth-order valence-electron chi connectivity index (χ4n) is 3.57. The smallest absolute Gasteiger partial charge is 0.279 e. The fraction of sp³-hybridized carbons (Fsp3) is 0.240. The molecule has 2 aromatic heterocycles. The second kappa shape index (κ2) is 9.91.